The lowest BCUT2D eigenvalue weighted by Crippen LogP contribution is -2.39. The van der Waals surface area contributed by atoms with Gasteiger partial charge in [0.25, 0.3) is 0 Å². The van der Waals surface area contributed by atoms with E-state index in [0.717, 1.165) is 38.5 Å². The molecule has 0 fully saturated rings. The van der Waals surface area contributed by atoms with Crippen LogP contribution in [0, 0.1) is 11.8 Å². The average Bonchev–Trinajstić information content (AvgIpc) is 3.16. The van der Waals surface area contributed by atoms with Gasteiger partial charge < -0.3 is 20.6 Å². The zero-order valence-corrected chi connectivity index (χ0v) is 18.7. The van der Waals surface area contributed by atoms with Crippen LogP contribution in [0.4, 0.5) is 0 Å². The lowest BCUT2D eigenvalue weighted by atomic mass is 9.89. The predicted molar refractivity (Wildman–Crippen MR) is 125 cm³/mol. The Hall–Kier alpha value is -2.28. The molecule has 32 heavy (non-hydrogen) atoms. The van der Waals surface area contributed by atoms with Gasteiger partial charge in [-0.1, -0.05) is 67.8 Å². The number of ketones is 1. The number of carbonyl (C=O) groups excluding carboxylic acids is 2. The number of amides is 1. The zero-order chi connectivity index (χ0) is 23.2. The van der Waals surface area contributed by atoms with Crippen molar-refractivity contribution in [3.05, 3.63) is 60.2 Å². The maximum absolute atomic E-state index is 12.2. The minimum Gasteiger partial charge on any atom is -0.394 e. The molecule has 0 aromatic heterocycles. The second-order valence-electron chi connectivity index (χ2n) is 8.51. The molecule has 0 heterocycles. The molecule has 0 radical (unpaired) electrons. The third kappa shape index (κ3) is 9.47. The molecule has 1 aliphatic carbocycles. The molecule has 0 unspecified atom stereocenters. The van der Waals surface area contributed by atoms with Gasteiger partial charge in [-0.2, -0.15) is 0 Å². The van der Waals surface area contributed by atoms with Crippen LogP contribution < -0.4 is 5.32 Å². The summed E-state index contributed by atoms with van der Waals surface area (Å²) in [7, 11) is 0. The first-order chi connectivity index (χ1) is 15.5. The SMILES string of the molecule is O=C(CCCCCC[C@H]1C=CC(=O)[C@@H]1/C=C/[C@@H](O)CCc1ccccc1)NC(CO)CO. The van der Waals surface area contributed by atoms with E-state index in [0.29, 0.717) is 12.8 Å². The average molecular weight is 444 g/mol. The highest BCUT2D eigenvalue weighted by Crippen LogP contribution is 2.29. The van der Waals surface area contributed by atoms with Crippen LogP contribution in [0.3, 0.4) is 0 Å². The van der Waals surface area contributed by atoms with Crippen molar-refractivity contribution < 1.29 is 24.9 Å². The minimum absolute atomic E-state index is 0.0977. The van der Waals surface area contributed by atoms with Crippen molar-refractivity contribution in [3.63, 3.8) is 0 Å². The summed E-state index contributed by atoms with van der Waals surface area (Å²) < 4.78 is 0. The fourth-order valence-electron chi connectivity index (χ4n) is 3.95. The molecule has 1 aromatic rings. The van der Waals surface area contributed by atoms with Gasteiger partial charge in [0.1, 0.15) is 0 Å². The lowest BCUT2D eigenvalue weighted by molar-refractivity contribution is -0.122. The molecule has 4 N–H and O–H groups in total. The third-order valence-corrected chi connectivity index (χ3v) is 5.91. The van der Waals surface area contributed by atoms with Gasteiger partial charge in [-0.05, 0) is 43.2 Å². The van der Waals surface area contributed by atoms with Crippen LogP contribution in [0.2, 0.25) is 0 Å². The van der Waals surface area contributed by atoms with E-state index < -0.39 is 12.1 Å². The molecule has 6 heteroatoms. The van der Waals surface area contributed by atoms with E-state index in [1.165, 1.54) is 5.56 Å². The Bertz CT molecular complexity index is 742. The van der Waals surface area contributed by atoms with Crippen LogP contribution in [0.1, 0.15) is 50.5 Å². The Morgan fingerprint density at radius 3 is 2.50 bits per heavy atom. The van der Waals surface area contributed by atoms with Crippen molar-refractivity contribution >= 4 is 11.7 Å². The van der Waals surface area contributed by atoms with E-state index in [2.05, 4.69) is 5.32 Å². The van der Waals surface area contributed by atoms with Crippen LogP contribution in [-0.2, 0) is 16.0 Å². The highest BCUT2D eigenvalue weighted by atomic mass is 16.3. The van der Waals surface area contributed by atoms with Crippen LogP contribution in [0.25, 0.3) is 0 Å². The summed E-state index contributed by atoms with van der Waals surface area (Å²) in [5, 5.41) is 30.8. The molecular formula is C26H37NO5. The molecule has 2 rings (SSSR count). The van der Waals surface area contributed by atoms with Crippen LogP contribution in [0.15, 0.2) is 54.6 Å². The monoisotopic (exact) mass is 443 g/mol. The number of rotatable bonds is 15. The fraction of sp³-hybridized carbons (Fsp3) is 0.538. The Morgan fingerprint density at radius 2 is 1.78 bits per heavy atom. The lowest BCUT2D eigenvalue weighted by Gasteiger charge is -2.15. The van der Waals surface area contributed by atoms with Gasteiger partial charge in [-0.25, -0.2) is 0 Å². The van der Waals surface area contributed by atoms with E-state index >= 15 is 0 Å². The maximum Gasteiger partial charge on any atom is 0.220 e. The fourth-order valence-corrected chi connectivity index (χ4v) is 3.95. The van der Waals surface area contributed by atoms with Gasteiger partial charge in [-0.3, -0.25) is 9.59 Å². The molecule has 0 spiro atoms. The van der Waals surface area contributed by atoms with Crippen molar-refractivity contribution in [1.29, 1.82) is 0 Å². The van der Waals surface area contributed by atoms with Gasteiger partial charge in [0, 0.05) is 12.3 Å². The molecule has 1 aromatic carbocycles. The first kappa shape index (κ1) is 26.0. The molecule has 1 aliphatic rings. The summed E-state index contributed by atoms with van der Waals surface area (Å²) in [6.45, 7) is -0.537. The molecule has 0 aliphatic heterocycles. The van der Waals surface area contributed by atoms with Gasteiger partial charge in [0.05, 0.1) is 25.4 Å². The van der Waals surface area contributed by atoms with E-state index in [4.69, 9.17) is 10.2 Å². The predicted octanol–water partition coefficient (Wildman–Crippen LogP) is 2.72. The number of aryl methyl sites for hydroxylation is 1. The minimum atomic E-state index is -0.587. The number of aliphatic hydroxyl groups is 3. The summed E-state index contributed by atoms with van der Waals surface area (Å²) in [4.78, 5) is 24.0. The molecular weight excluding hydrogens is 406 g/mol. The largest absolute Gasteiger partial charge is 0.394 e. The molecule has 6 nitrogen and oxygen atoms in total. The molecule has 176 valence electrons. The molecule has 0 saturated heterocycles. The summed E-state index contributed by atoms with van der Waals surface area (Å²) >= 11 is 0. The number of hydrogen-bond donors (Lipinski definition) is 4. The number of aliphatic hydroxyl groups excluding tert-OH is 3. The highest BCUT2D eigenvalue weighted by Gasteiger charge is 2.27. The molecule has 0 bridgehead atoms. The van der Waals surface area contributed by atoms with Gasteiger partial charge in [-0.15, -0.1) is 0 Å². The van der Waals surface area contributed by atoms with E-state index in [1.54, 1.807) is 12.2 Å². The Kier molecular flexibility index (Phi) is 11.9. The van der Waals surface area contributed by atoms with Crippen LogP contribution in [0.5, 0.6) is 0 Å². The van der Waals surface area contributed by atoms with Gasteiger partial charge in [0.15, 0.2) is 5.78 Å². The van der Waals surface area contributed by atoms with Crippen molar-refractivity contribution in [2.75, 3.05) is 13.2 Å². The van der Waals surface area contributed by atoms with E-state index in [-0.39, 0.29) is 36.7 Å². The Morgan fingerprint density at radius 1 is 1.06 bits per heavy atom. The number of nitrogens with one attached hydrogen (secondary N) is 1. The summed E-state index contributed by atoms with van der Waals surface area (Å²) in [5.74, 6) is -0.0850. The van der Waals surface area contributed by atoms with Crippen LogP contribution >= 0.6 is 0 Å². The van der Waals surface area contributed by atoms with Gasteiger partial charge >= 0.3 is 0 Å². The second kappa shape index (κ2) is 14.7. The first-order valence-corrected chi connectivity index (χ1v) is 11.7. The summed E-state index contributed by atoms with van der Waals surface area (Å²) in [6, 6.07) is 9.46. The Labute approximate surface area is 191 Å². The van der Waals surface area contributed by atoms with Crippen molar-refractivity contribution in [2.45, 2.75) is 63.5 Å². The third-order valence-electron chi connectivity index (χ3n) is 5.91. The van der Waals surface area contributed by atoms with Gasteiger partial charge in [0.2, 0.25) is 5.91 Å². The number of benzene rings is 1. The Balaban J connectivity index is 1.64. The van der Waals surface area contributed by atoms with Crippen molar-refractivity contribution in [3.8, 4) is 0 Å². The highest BCUT2D eigenvalue weighted by molar-refractivity contribution is 5.95. The topological polar surface area (TPSA) is 107 Å². The summed E-state index contributed by atoms with van der Waals surface area (Å²) in [5.41, 5.74) is 1.19. The standard InChI is InChI=1S/C26H37NO5/c28-18-22(19-29)27-26(32)11-7-2-1-6-10-21-13-17-25(31)24(21)16-15-23(30)14-12-20-8-4-3-5-9-20/h3-5,8-9,13,15-17,21-24,28-30H,1-2,6-7,10-12,14,18-19H2,(H,27,32)/b16-15+/t21-,23-,24+/m0/s1. The number of hydrogen-bond acceptors (Lipinski definition) is 5. The zero-order valence-electron chi connectivity index (χ0n) is 18.7. The van der Waals surface area contributed by atoms with Crippen LogP contribution in [-0.4, -0.2) is 52.4 Å². The molecule has 3 atom stereocenters. The maximum atomic E-state index is 12.2. The smallest absolute Gasteiger partial charge is 0.220 e. The number of allylic oxidation sites excluding steroid dienone is 3. The summed E-state index contributed by atoms with van der Waals surface area (Å²) in [6.07, 6.45) is 13.0. The first-order valence-electron chi connectivity index (χ1n) is 11.7. The van der Waals surface area contributed by atoms with Crippen molar-refractivity contribution in [1.82, 2.24) is 5.32 Å². The van der Waals surface area contributed by atoms with E-state index in [9.17, 15) is 14.7 Å². The number of carbonyl (C=O) groups is 2. The quantitative estimate of drug-likeness (QED) is 0.246. The molecule has 1 amide bonds. The number of unbranched alkanes of at least 4 members (excludes halogenated alkanes) is 3. The molecule has 0 saturated carbocycles. The normalized spacial score (nSPS) is 19.2. The second-order valence-corrected chi connectivity index (χ2v) is 8.51. The van der Waals surface area contributed by atoms with E-state index in [1.807, 2.05) is 42.5 Å². The van der Waals surface area contributed by atoms with Crippen molar-refractivity contribution in [2.24, 2.45) is 11.8 Å².